The van der Waals surface area contributed by atoms with Crippen molar-refractivity contribution in [1.82, 2.24) is 9.97 Å². The number of aromatic amines is 1. The van der Waals surface area contributed by atoms with Gasteiger partial charge in [0.1, 0.15) is 11.6 Å². The first-order chi connectivity index (χ1) is 14.2. The number of hydrogen-bond donors (Lipinski definition) is 2. The number of H-pyrrole nitrogens is 1. The Balaban J connectivity index is 1.72. The molecular weight excluding hydrogens is 415 g/mol. The van der Waals surface area contributed by atoms with Gasteiger partial charge in [0, 0.05) is 17.2 Å². The van der Waals surface area contributed by atoms with Crippen molar-refractivity contribution in [2.45, 2.75) is 4.90 Å². The minimum absolute atomic E-state index is 0.00573. The Kier molecular flexibility index (Phi) is 4.92. The van der Waals surface area contributed by atoms with E-state index in [0.29, 0.717) is 34.1 Å². The number of hydrogen-bond acceptors (Lipinski definition) is 3. The summed E-state index contributed by atoms with van der Waals surface area (Å²) in [6.45, 7) is 0. The molecule has 3 aromatic carbocycles. The van der Waals surface area contributed by atoms with Crippen molar-refractivity contribution in [3.8, 4) is 11.1 Å². The average Bonchev–Trinajstić information content (AvgIpc) is 3.11. The second-order valence-corrected chi connectivity index (χ2v) is 8.05. The Morgan fingerprint density at radius 1 is 0.900 bits per heavy atom. The molecule has 0 aliphatic carbocycles. The second-order valence-electron chi connectivity index (χ2n) is 6.52. The molecule has 30 heavy (non-hydrogen) atoms. The summed E-state index contributed by atoms with van der Waals surface area (Å²) in [6, 6.07) is 12.7. The number of sulfonamides is 1. The molecule has 3 N–H and O–H groups in total. The van der Waals surface area contributed by atoms with Gasteiger partial charge in [-0.2, -0.15) is 0 Å². The van der Waals surface area contributed by atoms with Crippen LogP contribution < -0.4 is 5.14 Å². The third kappa shape index (κ3) is 3.85. The first kappa shape index (κ1) is 19.9. The van der Waals surface area contributed by atoms with Crippen LogP contribution in [0.4, 0.5) is 13.2 Å². The van der Waals surface area contributed by atoms with E-state index < -0.39 is 27.5 Å². The highest BCUT2D eigenvalue weighted by molar-refractivity contribution is 7.89. The van der Waals surface area contributed by atoms with Crippen molar-refractivity contribution in [2.75, 3.05) is 0 Å². The lowest BCUT2D eigenvalue weighted by molar-refractivity contribution is 0.494. The van der Waals surface area contributed by atoms with Crippen LogP contribution in [0.5, 0.6) is 0 Å². The number of nitrogens with two attached hydrogens (primary N) is 1. The molecule has 0 atom stereocenters. The fourth-order valence-corrected chi connectivity index (χ4v) is 3.82. The third-order valence-electron chi connectivity index (χ3n) is 4.47. The minimum atomic E-state index is -3.91. The monoisotopic (exact) mass is 429 g/mol. The number of primary sulfonamides is 1. The van der Waals surface area contributed by atoms with Gasteiger partial charge in [-0.1, -0.05) is 24.3 Å². The lowest BCUT2D eigenvalue weighted by Crippen LogP contribution is -2.13. The standard InChI is InChI=1S/C21H14F3N3O2S/c22-15-11-17(24)16(23)9-13(15)6-8-21-26-18-7-5-12(10-19(18)27-21)14-3-1-2-4-20(14)30(25,28)29/h1-11H,(H,26,27)(H2,25,28,29)/b8-6+. The fourth-order valence-electron chi connectivity index (χ4n) is 3.06. The average molecular weight is 429 g/mol. The number of imidazole rings is 1. The second kappa shape index (κ2) is 7.43. The van der Waals surface area contributed by atoms with Gasteiger partial charge in [0.05, 0.1) is 15.9 Å². The van der Waals surface area contributed by atoms with Crippen LogP contribution >= 0.6 is 0 Å². The predicted octanol–water partition coefficient (Wildman–Crippen LogP) is 4.47. The number of rotatable bonds is 4. The molecule has 4 rings (SSSR count). The number of fused-ring (bicyclic) bond motifs is 1. The molecule has 1 aromatic heterocycles. The van der Waals surface area contributed by atoms with E-state index in [1.165, 1.54) is 18.2 Å². The predicted molar refractivity (Wildman–Crippen MR) is 108 cm³/mol. The van der Waals surface area contributed by atoms with E-state index >= 15 is 0 Å². The van der Waals surface area contributed by atoms with Gasteiger partial charge in [-0.05, 0) is 42.0 Å². The zero-order chi connectivity index (χ0) is 21.5. The molecule has 0 unspecified atom stereocenters. The molecule has 0 aliphatic rings. The largest absolute Gasteiger partial charge is 0.338 e. The van der Waals surface area contributed by atoms with Crippen LogP contribution in [0.1, 0.15) is 11.4 Å². The summed E-state index contributed by atoms with van der Waals surface area (Å²) >= 11 is 0. The van der Waals surface area contributed by atoms with E-state index in [-0.39, 0.29) is 10.5 Å². The maximum absolute atomic E-state index is 13.8. The maximum Gasteiger partial charge on any atom is 0.238 e. The van der Waals surface area contributed by atoms with E-state index in [2.05, 4.69) is 9.97 Å². The van der Waals surface area contributed by atoms with Crippen molar-refractivity contribution in [2.24, 2.45) is 5.14 Å². The number of nitrogens with zero attached hydrogens (tertiary/aromatic N) is 1. The first-order valence-electron chi connectivity index (χ1n) is 8.67. The zero-order valence-electron chi connectivity index (χ0n) is 15.2. The number of halogens is 3. The molecule has 0 saturated carbocycles. The molecule has 0 amide bonds. The Morgan fingerprint density at radius 2 is 1.63 bits per heavy atom. The molecule has 0 saturated heterocycles. The molecule has 152 valence electrons. The van der Waals surface area contributed by atoms with E-state index in [1.807, 2.05) is 0 Å². The zero-order valence-corrected chi connectivity index (χ0v) is 16.1. The number of aromatic nitrogens is 2. The van der Waals surface area contributed by atoms with Gasteiger partial charge in [0.25, 0.3) is 0 Å². The van der Waals surface area contributed by atoms with Crippen LogP contribution in [-0.4, -0.2) is 18.4 Å². The number of nitrogens with one attached hydrogen (secondary N) is 1. The van der Waals surface area contributed by atoms with E-state index in [4.69, 9.17) is 5.14 Å². The highest BCUT2D eigenvalue weighted by atomic mass is 32.2. The Hall–Kier alpha value is -3.43. The minimum Gasteiger partial charge on any atom is -0.338 e. The van der Waals surface area contributed by atoms with E-state index in [0.717, 1.165) is 6.07 Å². The molecule has 1 heterocycles. The SMILES string of the molecule is NS(=O)(=O)c1ccccc1-c1ccc2[nH]c(/C=C/c3cc(F)c(F)cc3F)nc2c1. The van der Waals surface area contributed by atoms with Crippen LogP contribution in [0.3, 0.4) is 0 Å². The van der Waals surface area contributed by atoms with E-state index in [9.17, 15) is 21.6 Å². The Bertz CT molecular complexity index is 1410. The molecule has 0 bridgehead atoms. The van der Waals surface area contributed by atoms with Crippen molar-refractivity contribution < 1.29 is 21.6 Å². The summed E-state index contributed by atoms with van der Waals surface area (Å²) in [7, 11) is -3.91. The molecular formula is C21H14F3N3O2S. The summed E-state index contributed by atoms with van der Waals surface area (Å²) in [4.78, 5) is 7.36. The van der Waals surface area contributed by atoms with Gasteiger partial charge in [0.15, 0.2) is 11.6 Å². The van der Waals surface area contributed by atoms with Gasteiger partial charge in [-0.25, -0.2) is 31.7 Å². The van der Waals surface area contributed by atoms with Gasteiger partial charge >= 0.3 is 0 Å². The summed E-state index contributed by atoms with van der Waals surface area (Å²) in [6.07, 6.45) is 2.69. The Morgan fingerprint density at radius 3 is 2.40 bits per heavy atom. The Labute approximate surface area is 169 Å². The van der Waals surface area contributed by atoms with Crippen molar-refractivity contribution >= 4 is 33.2 Å². The van der Waals surface area contributed by atoms with E-state index in [1.54, 1.807) is 36.4 Å². The van der Waals surface area contributed by atoms with Crippen LogP contribution in [0, 0.1) is 17.5 Å². The lowest BCUT2D eigenvalue weighted by atomic mass is 10.1. The molecule has 0 spiro atoms. The fraction of sp³-hybridized carbons (Fsp3) is 0. The summed E-state index contributed by atoms with van der Waals surface area (Å²) in [5, 5.41) is 5.30. The molecule has 9 heteroatoms. The van der Waals surface area contributed by atoms with Gasteiger partial charge < -0.3 is 4.98 Å². The third-order valence-corrected chi connectivity index (χ3v) is 5.44. The van der Waals surface area contributed by atoms with Gasteiger partial charge in [-0.3, -0.25) is 0 Å². The lowest BCUT2D eigenvalue weighted by Gasteiger charge is -2.07. The molecule has 4 aromatic rings. The maximum atomic E-state index is 13.8. The van der Waals surface area contributed by atoms with Crippen molar-refractivity contribution in [1.29, 1.82) is 0 Å². The number of benzene rings is 3. The topological polar surface area (TPSA) is 88.8 Å². The molecule has 0 aliphatic heterocycles. The highest BCUT2D eigenvalue weighted by Crippen LogP contribution is 2.29. The van der Waals surface area contributed by atoms with Crippen LogP contribution in [0.15, 0.2) is 59.5 Å². The quantitative estimate of drug-likeness (QED) is 0.469. The van der Waals surface area contributed by atoms with Crippen molar-refractivity contribution in [3.63, 3.8) is 0 Å². The summed E-state index contributed by atoms with van der Waals surface area (Å²) in [5.74, 6) is -2.96. The molecule has 5 nitrogen and oxygen atoms in total. The summed E-state index contributed by atoms with van der Waals surface area (Å²) in [5.41, 5.74) is 2.09. The van der Waals surface area contributed by atoms with Gasteiger partial charge in [0.2, 0.25) is 10.0 Å². The molecule has 0 fully saturated rings. The van der Waals surface area contributed by atoms with Gasteiger partial charge in [-0.15, -0.1) is 0 Å². The van der Waals surface area contributed by atoms with Crippen molar-refractivity contribution in [3.05, 3.63) is 83.4 Å². The van der Waals surface area contributed by atoms with Crippen LogP contribution in [-0.2, 0) is 10.0 Å². The first-order valence-corrected chi connectivity index (χ1v) is 10.2. The smallest absolute Gasteiger partial charge is 0.238 e. The van der Waals surface area contributed by atoms with Crippen LogP contribution in [0.2, 0.25) is 0 Å². The summed E-state index contributed by atoms with van der Waals surface area (Å²) < 4.78 is 63.8. The normalized spacial score (nSPS) is 12.1. The van der Waals surface area contributed by atoms with Crippen LogP contribution in [0.25, 0.3) is 34.3 Å². The molecule has 0 radical (unpaired) electrons. The highest BCUT2D eigenvalue weighted by Gasteiger charge is 2.15.